The van der Waals surface area contributed by atoms with Crippen LogP contribution in [-0.4, -0.2) is 32.2 Å². The molecule has 2 aromatic rings. The largest absolute Gasteiger partial charge is 0.346 e. The van der Waals surface area contributed by atoms with Crippen LogP contribution in [0.15, 0.2) is 12.4 Å². The molecular formula is C12H16ClN5S. The first kappa shape index (κ1) is 12.9. The van der Waals surface area contributed by atoms with E-state index in [0.717, 1.165) is 30.6 Å². The molecular weight excluding hydrogens is 282 g/mol. The van der Waals surface area contributed by atoms with Crippen LogP contribution in [0.2, 0.25) is 5.02 Å². The maximum Gasteiger partial charge on any atom is 0.205 e. The Bertz CT molecular complexity index is 558. The topological polar surface area (TPSA) is 46.8 Å². The monoisotopic (exact) mass is 297 g/mol. The lowest BCUT2D eigenvalue weighted by molar-refractivity contribution is 0.342. The summed E-state index contributed by atoms with van der Waals surface area (Å²) in [6, 6.07) is 0. The van der Waals surface area contributed by atoms with Crippen molar-refractivity contribution in [2.75, 3.05) is 18.0 Å². The number of hydrogen-bond acceptors (Lipinski definition) is 5. The number of anilines is 1. The molecule has 0 amide bonds. The van der Waals surface area contributed by atoms with Gasteiger partial charge in [0.15, 0.2) is 0 Å². The number of rotatable bonds is 4. The Labute approximate surface area is 121 Å². The van der Waals surface area contributed by atoms with Gasteiger partial charge in [0.1, 0.15) is 5.82 Å². The number of halogens is 1. The number of hydrogen-bond donors (Lipinski definition) is 0. The molecule has 2 aromatic heterocycles. The molecule has 0 aromatic carbocycles. The lowest BCUT2D eigenvalue weighted by Gasteiger charge is -2.38. The van der Waals surface area contributed by atoms with Gasteiger partial charge in [-0.1, -0.05) is 25.4 Å². The third-order valence-corrected chi connectivity index (χ3v) is 4.21. The Morgan fingerprint density at radius 1 is 1.47 bits per heavy atom. The van der Waals surface area contributed by atoms with Gasteiger partial charge in [-0.15, -0.1) is 0 Å². The molecule has 0 radical (unpaired) electrons. The summed E-state index contributed by atoms with van der Waals surface area (Å²) >= 11 is 7.35. The Hall–Kier alpha value is -1.14. The standard InChI is InChI=1S/C12H16ClN5S/c1-8(2)11-15-12(19-16-11)17-4-9(5-17)6-18-7-10(13)3-14-18/h3,7-9H,4-6H2,1-2H3. The van der Waals surface area contributed by atoms with Crippen molar-refractivity contribution in [2.45, 2.75) is 26.3 Å². The molecule has 5 nitrogen and oxygen atoms in total. The predicted molar refractivity (Wildman–Crippen MR) is 76.9 cm³/mol. The predicted octanol–water partition coefficient (Wildman–Crippen LogP) is 2.65. The maximum absolute atomic E-state index is 5.85. The van der Waals surface area contributed by atoms with Crippen LogP contribution in [0.1, 0.15) is 25.6 Å². The van der Waals surface area contributed by atoms with Crippen LogP contribution in [0.3, 0.4) is 0 Å². The smallest absolute Gasteiger partial charge is 0.205 e. The fraction of sp³-hybridized carbons (Fsp3) is 0.583. The Balaban J connectivity index is 1.54. The summed E-state index contributed by atoms with van der Waals surface area (Å²) in [5.74, 6) is 1.96. The van der Waals surface area contributed by atoms with E-state index >= 15 is 0 Å². The van der Waals surface area contributed by atoms with Gasteiger partial charge in [0, 0.05) is 49.2 Å². The van der Waals surface area contributed by atoms with E-state index in [-0.39, 0.29) is 0 Å². The summed E-state index contributed by atoms with van der Waals surface area (Å²) < 4.78 is 6.29. The molecule has 1 fully saturated rings. The molecule has 0 N–H and O–H groups in total. The van der Waals surface area contributed by atoms with Crippen LogP contribution < -0.4 is 4.90 Å². The highest BCUT2D eigenvalue weighted by atomic mass is 35.5. The molecule has 102 valence electrons. The van der Waals surface area contributed by atoms with Crippen molar-refractivity contribution in [1.82, 2.24) is 19.1 Å². The number of nitrogens with zero attached hydrogens (tertiary/aromatic N) is 5. The van der Waals surface area contributed by atoms with Crippen LogP contribution >= 0.6 is 23.1 Å². The van der Waals surface area contributed by atoms with E-state index in [1.807, 2.05) is 10.9 Å². The van der Waals surface area contributed by atoms with E-state index < -0.39 is 0 Å². The minimum atomic E-state index is 0.397. The van der Waals surface area contributed by atoms with Gasteiger partial charge in [-0.3, -0.25) is 4.68 Å². The van der Waals surface area contributed by atoms with Crippen molar-refractivity contribution in [3.63, 3.8) is 0 Å². The van der Waals surface area contributed by atoms with Crippen molar-refractivity contribution in [3.8, 4) is 0 Å². The van der Waals surface area contributed by atoms with E-state index in [0.29, 0.717) is 16.9 Å². The van der Waals surface area contributed by atoms with Gasteiger partial charge in [-0.05, 0) is 0 Å². The molecule has 19 heavy (non-hydrogen) atoms. The van der Waals surface area contributed by atoms with E-state index in [2.05, 4.69) is 33.2 Å². The van der Waals surface area contributed by atoms with E-state index in [1.165, 1.54) is 11.5 Å². The maximum atomic E-state index is 5.85. The van der Waals surface area contributed by atoms with Gasteiger partial charge < -0.3 is 4.90 Å². The summed E-state index contributed by atoms with van der Waals surface area (Å²) in [7, 11) is 0. The Morgan fingerprint density at radius 3 is 2.84 bits per heavy atom. The molecule has 0 unspecified atom stereocenters. The van der Waals surface area contributed by atoms with Gasteiger partial charge in [0.25, 0.3) is 0 Å². The Morgan fingerprint density at radius 2 is 2.26 bits per heavy atom. The third-order valence-electron chi connectivity index (χ3n) is 3.22. The fourth-order valence-electron chi connectivity index (χ4n) is 2.13. The highest BCUT2D eigenvalue weighted by Gasteiger charge is 2.29. The van der Waals surface area contributed by atoms with E-state index in [1.54, 1.807) is 6.20 Å². The molecule has 0 saturated carbocycles. The van der Waals surface area contributed by atoms with Gasteiger partial charge in [-0.2, -0.15) is 9.47 Å². The van der Waals surface area contributed by atoms with Gasteiger partial charge in [0.05, 0.1) is 11.2 Å². The van der Waals surface area contributed by atoms with Crippen molar-refractivity contribution in [3.05, 3.63) is 23.2 Å². The lowest BCUT2D eigenvalue weighted by Crippen LogP contribution is -2.48. The minimum Gasteiger partial charge on any atom is -0.346 e. The first-order valence-electron chi connectivity index (χ1n) is 6.38. The molecule has 0 bridgehead atoms. The van der Waals surface area contributed by atoms with Crippen molar-refractivity contribution < 1.29 is 0 Å². The minimum absolute atomic E-state index is 0.397. The zero-order valence-corrected chi connectivity index (χ0v) is 12.5. The quantitative estimate of drug-likeness (QED) is 0.870. The first-order chi connectivity index (χ1) is 9.11. The molecule has 7 heteroatoms. The average Bonchev–Trinajstić information content (AvgIpc) is 2.91. The summed E-state index contributed by atoms with van der Waals surface area (Å²) in [5, 5.41) is 5.94. The third kappa shape index (κ3) is 2.74. The summed E-state index contributed by atoms with van der Waals surface area (Å²) in [4.78, 5) is 6.84. The molecule has 1 aliphatic rings. The van der Waals surface area contributed by atoms with Crippen LogP contribution in [0.25, 0.3) is 0 Å². The van der Waals surface area contributed by atoms with Crippen molar-refractivity contribution >= 4 is 28.3 Å². The molecule has 0 aliphatic carbocycles. The summed E-state index contributed by atoms with van der Waals surface area (Å²) in [6.45, 7) is 7.19. The summed E-state index contributed by atoms with van der Waals surface area (Å²) in [5.41, 5.74) is 0. The SMILES string of the molecule is CC(C)c1nsc(N2CC(Cn3cc(Cl)cn3)C2)n1. The highest BCUT2D eigenvalue weighted by molar-refractivity contribution is 7.09. The van der Waals surface area contributed by atoms with Gasteiger partial charge >= 0.3 is 0 Å². The van der Waals surface area contributed by atoms with Crippen molar-refractivity contribution in [1.29, 1.82) is 0 Å². The van der Waals surface area contributed by atoms with Crippen molar-refractivity contribution in [2.24, 2.45) is 5.92 Å². The molecule has 3 rings (SSSR count). The fourth-order valence-corrected chi connectivity index (χ4v) is 3.12. The average molecular weight is 298 g/mol. The normalized spacial score (nSPS) is 16.1. The van der Waals surface area contributed by atoms with Crippen LogP contribution in [0.5, 0.6) is 0 Å². The first-order valence-corrected chi connectivity index (χ1v) is 7.53. The zero-order valence-electron chi connectivity index (χ0n) is 11.0. The van der Waals surface area contributed by atoms with E-state index in [4.69, 9.17) is 11.6 Å². The van der Waals surface area contributed by atoms with E-state index in [9.17, 15) is 0 Å². The Kier molecular flexibility index (Phi) is 3.45. The molecule has 0 atom stereocenters. The highest BCUT2D eigenvalue weighted by Crippen LogP contribution is 2.28. The second kappa shape index (κ2) is 5.09. The molecule has 1 saturated heterocycles. The van der Waals surface area contributed by atoms with Gasteiger partial charge in [-0.25, -0.2) is 4.98 Å². The molecule has 1 aliphatic heterocycles. The van der Waals surface area contributed by atoms with Gasteiger partial charge in [0.2, 0.25) is 5.13 Å². The summed E-state index contributed by atoms with van der Waals surface area (Å²) in [6.07, 6.45) is 3.55. The zero-order chi connectivity index (χ0) is 13.4. The molecule has 0 spiro atoms. The lowest BCUT2D eigenvalue weighted by atomic mass is 10.0. The van der Waals surface area contributed by atoms with Crippen LogP contribution in [0.4, 0.5) is 5.13 Å². The van der Waals surface area contributed by atoms with Crippen LogP contribution in [0, 0.1) is 5.92 Å². The number of aromatic nitrogens is 4. The molecule has 3 heterocycles. The second-order valence-corrected chi connectivity index (χ2v) is 6.41. The second-order valence-electron chi connectivity index (χ2n) is 5.24. The van der Waals surface area contributed by atoms with Crippen LogP contribution in [-0.2, 0) is 6.54 Å².